The van der Waals surface area contributed by atoms with Crippen molar-refractivity contribution in [3.63, 3.8) is 0 Å². The minimum atomic E-state index is -1.97. The van der Waals surface area contributed by atoms with Crippen LogP contribution in [-0.4, -0.2) is 29.6 Å². The lowest BCUT2D eigenvalue weighted by atomic mass is 10.0. The third kappa shape index (κ3) is 3.43. The Morgan fingerprint density at radius 2 is 1.92 bits per heavy atom. The summed E-state index contributed by atoms with van der Waals surface area (Å²) in [4.78, 5) is 18.3. The first-order valence-corrected chi connectivity index (χ1v) is 8.58. The van der Waals surface area contributed by atoms with Crippen LogP contribution in [0.4, 0.5) is 0 Å². The van der Waals surface area contributed by atoms with E-state index in [9.17, 15) is 13.6 Å². The van der Waals surface area contributed by atoms with E-state index in [0.29, 0.717) is 18.7 Å². The topological polar surface area (TPSA) is 86.3 Å². The van der Waals surface area contributed by atoms with Gasteiger partial charge < -0.3 is 4.98 Å². The SMILES string of the molecule is CCN(Cc1ccc(-c2ccnc3[nH]c(=O)ccc23)cc1)S(=O)O. The van der Waals surface area contributed by atoms with Gasteiger partial charge in [-0.25, -0.2) is 9.19 Å². The number of hydrogen-bond donors (Lipinski definition) is 2. The second-order valence-electron chi connectivity index (χ2n) is 5.33. The summed E-state index contributed by atoms with van der Waals surface area (Å²) < 4.78 is 21.9. The molecule has 24 heavy (non-hydrogen) atoms. The van der Waals surface area contributed by atoms with E-state index in [1.807, 2.05) is 37.3 Å². The van der Waals surface area contributed by atoms with Crippen molar-refractivity contribution < 1.29 is 8.76 Å². The highest BCUT2D eigenvalue weighted by Gasteiger charge is 2.10. The summed E-state index contributed by atoms with van der Waals surface area (Å²) in [5, 5.41) is 0.872. The maximum absolute atomic E-state index is 11.4. The second-order valence-corrected chi connectivity index (χ2v) is 6.31. The van der Waals surface area contributed by atoms with Crippen LogP contribution in [0.2, 0.25) is 0 Å². The zero-order valence-electron chi connectivity index (χ0n) is 13.1. The van der Waals surface area contributed by atoms with Gasteiger partial charge in [-0.1, -0.05) is 31.2 Å². The summed E-state index contributed by atoms with van der Waals surface area (Å²) in [6.07, 6.45) is 1.66. The summed E-state index contributed by atoms with van der Waals surface area (Å²) in [6, 6.07) is 12.9. The Morgan fingerprint density at radius 1 is 1.17 bits per heavy atom. The molecule has 2 heterocycles. The number of fused-ring (bicyclic) bond motifs is 1. The normalized spacial score (nSPS) is 12.6. The summed E-state index contributed by atoms with van der Waals surface area (Å²) in [6.45, 7) is 2.74. The molecule has 0 amide bonds. The van der Waals surface area contributed by atoms with Crippen molar-refractivity contribution in [3.05, 3.63) is 64.6 Å². The molecule has 1 aromatic carbocycles. The molecular weight excluding hydrogens is 326 g/mol. The molecule has 0 radical (unpaired) electrons. The van der Waals surface area contributed by atoms with E-state index in [1.165, 1.54) is 10.4 Å². The second kappa shape index (κ2) is 7.04. The first kappa shape index (κ1) is 16.5. The molecule has 124 valence electrons. The van der Waals surface area contributed by atoms with Crippen LogP contribution in [-0.2, 0) is 17.8 Å². The number of benzene rings is 1. The molecule has 2 N–H and O–H groups in total. The van der Waals surface area contributed by atoms with Gasteiger partial charge in [-0.3, -0.25) is 9.35 Å². The maximum Gasteiger partial charge on any atom is 0.249 e. The Balaban J connectivity index is 1.94. The van der Waals surface area contributed by atoms with Crippen molar-refractivity contribution in [2.45, 2.75) is 13.5 Å². The summed E-state index contributed by atoms with van der Waals surface area (Å²) in [5.41, 5.74) is 3.29. The first-order chi connectivity index (χ1) is 11.6. The maximum atomic E-state index is 11.4. The minimum Gasteiger partial charge on any atom is -0.307 e. The third-order valence-electron chi connectivity index (χ3n) is 3.83. The molecule has 0 bridgehead atoms. The molecule has 3 aromatic rings. The van der Waals surface area contributed by atoms with Crippen molar-refractivity contribution in [1.82, 2.24) is 14.3 Å². The molecule has 0 aliphatic heterocycles. The molecule has 0 saturated carbocycles. The third-order valence-corrected chi connectivity index (χ3v) is 4.66. The molecule has 3 rings (SSSR count). The predicted octanol–water partition coefficient (Wildman–Crippen LogP) is 2.55. The number of H-pyrrole nitrogens is 1. The highest BCUT2D eigenvalue weighted by Crippen LogP contribution is 2.26. The van der Waals surface area contributed by atoms with Crippen LogP contribution in [0.1, 0.15) is 12.5 Å². The van der Waals surface area contributed by atoms with E-state index in [-0.39, 0.29) is 5.56 Å². The first-order valence-electron chi connectivity index (χ1n) is 7.51. The van der Waals surface area contributed by atoms with Crippen molar-refractivity contribution in [1.29, 1.82) is 0 Å². The smallest absolute Gasteiger partial charge is 0.249 e. The van der Waals surface area contributed by atoms with Crippen LogP contribution in [0.15, 0.2) is 53.5 Å². The molecule has 0 saturated heterocycles. The van der Waals surface area contributed by atoms with Gasteiger partial charge in [-0.2, -0.15) is 4.31 Å². The quantitative estimate of drug-likeness (QED) is 0.697. The van der Waals surface area contributed by atoms with Crippen LogP contribution >= 0.6 is 0 Å². The predicted molar refractivity (Wildman–Crippen MR) is 94.7 cm³/mol. The van der Waals surface area contributed by atoms with Gasteiger partial charge in [0.05, 0.1) is 0 Å². The van der Waals surface area contributed by atoms with Crippen LogP contribution < -0.4 is 5.56 Å². The Labute approximate surface area is 141 Å². The van der Waals surface area contributed by atoms with Crippen LogP contribution in [0.3, 0.4) is 0 Å². The van der Waals surface area contributed by atoms with Crippen LogP contribution in [0.25, 0.3) is 22.2 Å². The number of rotatable bonds is 5. The van der Waals surface area contributed by atoms with E-state index in [1.54, 1.807) is 12.3 Å². The van der Waals surface area contributed by atoms with E-state index in [2.05, 4.69) is 9.97 Å². The van der Waals surface area contributed by atoms with Crippen molar-refractivity contribution >= 4 is 22.3 Å². The summed E-state index contributed by atoms with van der Waals surface area (Å²) >= 11 is -1.97. The van der Waals surface area contributed by atoms with Crippen molar-refractivity contribution in [2.24, 2.45) is 0 Å². The molecule has 0 aliphatic carbocycles. The zero-order valence-corrected chi connectivity index (χ0v) is 13.9. The molecule has 0 fully saturated rings. The fourth-order valence-corrected chi connectivity index (χ4v) is 3.06. The highest BCUT2D eigenvalue weighted by molar-refractivity contribution is 7.76. The summed E-state index contributed by atoms with van der Waals surface area (Å²) in [5.74, 6) is 0. The lowest BCUT2D eigenvalue weighted by molar-refractivity contribution is 0.407. The Hall–Kier alpha value is -2.35. The highest BCUT2D eigenvalue weighted by atomic mass is 32.2. The van der Waals surface area contributed by atoms with Crippen LogP contribution in [0, 0.1) is 0 Å². The van der Waals surface area contributed by atoms with Gasteiger partial charge in [0, 0.05) is 30.7 Å². The Morgan fingerprint density at radius 3 is 2.58 bits per heavy atom. The van der Waals surface area contributed by atoms with Gasteiger partial charge in [0.2, 0.25) is 16.8 Å². The average molecular weight is 343 g/mol. The lowest BCUT2D eigenvalue weighted by Gasteiger charge is -2.15. The van der Waals surface area contributed by atoms with E-state index < -0.39 is 11.3 Å². The van der Waals surface area contributed by atoms with Gasteiger partial charge >= 0.3 is 0 Å². The van der Waals surface area contributed by atoms with Gasteiger partial charge in [0.15, 0.2) is 0 Å². The molecule has 1 atom stereocenters. The monoisotopic (exact) mass is 343 g/mol. The average Bonchev–Trinajstić information content (AvgIpc) is 2.59. The number of hydrogen-bond acceptors (Lipinski definition) is 3. The van der Waals surface area contributed by atoms with Gasteiger partial charge in [-0.15, -0.1) is 0 Å². The standard InChI is InChI=1S/C17H17N3O3S/c1-2-20(24(22)23)11-12-3-5-13(6-4-12)14-9-10-18-17-15(14)7-8-16(21)19-17/h3-10H,2,11H2,1H3,(H,22,23)(H,18,19,21). The fraction of sp³-hybridized carbons (Fsp3) is 0.176. The van der Waals surface area contributed by atoms with Gasteiger partial charge in [-0.05, 0) is 28.8 Å². The largest absolute Gasteiger partial charge is 0.307 e. The number of aromatic nitrogens is 2. The number of nitrogens with one attached hydrogen (secondary N) is 1. The molecule has 0 spiro atoms. The van der Waals surface area contributed by atoms with Gasteiger partial charge in [0.25, 0.3) is 0 Å². The number of nitrogens with zero attached hydrogens (tertiary/aromatic N) is 2. The van der Waals surface area contributed by atoms with E-state index >= 15 is 0 Å². The van der Waals surface area contributed by atoms with Crippen LogP contribution in [0.5, 0.6) is 0 Å². The van der Waals surface area contributed by atoms with Crippen molar-refractivity contribution in [2.75, 3.05) is 6.54 Å². The molecule has 6 nitrogen and oxygen atoms in total. The zero-order chi connectivity index (χ0) is 17.1. The summed E-state index contributed by atoms with van der Waals surface area (Å²) in [7, 11) is 0. The minimum absolute atomic E-state index is 0.181. The molecular formula is C17H17N3O3S. The molecule has 7 heteroatoms. The van der Waals surface area contributed by atoms with Gasteiger partial charge in [0.1, 0.15) is 5.65 Å². The Bertz CT molecular complexity index is 938. The van der Waals surface area contributed by atoms with Crippen molar-refractivity contribution in [3.8, 4) is 11.1 Å². The molecule has 2 aromatic heterocycles. The Kier molecular flexibility index (Phi) is 4.84. The number of pyridine rings is 2. The lowest BCUT2D eigenvalue weighted by Crippen LogP contribution is -2.24. The molecule has 1 unspecified atom stereocenters. The molecule has 0 aliphatic rings. The van der Waals surface area contributed by atoms with E-state index in [4.69, 9.17) is 0 Å². The number of aromatic amines is 1. The fourth-order valence-electron chi connectivity index (χ4n) is 2.58. The van der Waals surface area contributed by atoms with E-state index in [0.717, 1.165) is 22.1 Å².